The van der Waals surface area contributed by atoms with Gasteiger partial charge in [-0.25, -0.2) is 4.79 Å². The molecule has 4 heteroatoms. The van der Waals surface area contributed by atoms with Crippen LogP contribution in [0.2, 0.25) is 0 Å². The van der Waals surface area contributed by atoms with Gasteiger partial charge >= 0.3 is 5.97 Å². The molecule has 0 radical (unpaired) electrons. The third-order valence-corrected chi connectivity index (χ3v) is 2.97. The maximum absolute atomic E-state index is 11.3. The van der Waals surface area contributed by atoms with Crippen LogP contribution < -0.4 is 4.74 Å². The molecule has 0 saturated carbocycles. The first-order valence-corrected chi connectivity index (χ1v) is 6.33. The Hall–Kier alpha value is -2.00. The zero-order valence-corrected chi connectivity index (χ0v) is 10.9. The second-order valence-electron chi connectivity index (χ2n) is 4.02. The molecule has 19 heavy (non-hydrogen) atoms. The van der Waals surface area contributed by atoms with Crippen LogP contribution in [-0.2, 0) is 10.7 Å². The van der Waals surface area contributed by atoms with Crippen LogP contribution >= 0.6 is 11.6 Å². The molecule has 2 rings (SSSR count). The van der Waals surface area contributed by atoms with E-state index in [2.05, 4.69) is 0 Å². The van der Waals surface area contributed by atoms with E-state index in [1.807, 2.05) is 18.2 Å². The number of hydrogen-bond acceptors (Lipinski definition) is 2. The number of alkyl halides is 1. The topological polar surface area (TPSA) is 46.5 Å². The number of halogens is 1. The van der Waals surface area contributed by atoms with E-state index in [9.17, 15) is 9.90 Å². The zero-order valence-electron chi connectivity index (χ0n) is 10.1. The van der Waals surface area contributed by atoms with Crippen LogP contribution in [0.1, 0.15) is 17.2 Å². The molecule has 1 unspecified atom stereocenters. The van der Waals surface area contributed by atoms with Crippen molar-refractivity contribution in [3.8, 4) is 5.75 Å². The van der Waals surface area contributed by atoms with Crippen molar-refractivity contribution in [1.29, 1.82) is 0 Å². The van der Waals surface area contributed by atoms with Gasteiger partial charge in [-0.05, 0) is 17.7 Å². The number of rotatable bonds is 5. The molecule has 0 aliphatic carbocycles. The Morgan fingerprint density at radius 1 is 1.11 bits per heavy atom. The Labute approximate surface area is 116 Å². The van der Waals surface area contributed by atoms with Crippen molar-refractivity contribution < 1.29 is 14.6 Å². The van der Waals surface area contributed by atoms with E-state index in [1.165, 1.54) is 0 Å². The highest BCUT2D eigenvalue weighted by molar-refractivity contribution is 6.17. The lowest BCUT2D eigenvalue weighted by Gasteiger charge is -2.15. The number of carbonyl (C=O) groups is 1. The zero-order chi connectivity index (χ0) is 13.7. The molecule has 0 saturated heterocycles. The standard InChI is InChI=1S/C15H13ClO3/c16-10-11-6-8-13(9-7-11)19-14(15(17)18)12-4-2-1-3-5-12/h1-9,14H,10H2,(H,17,18). The molecule has 2 aromatic rings. The fraction of sp³-hybridized carbons (Fsp3) is 0.133. The maximum Gasteiger partial charge on any atom is 0.349 e. The highest BCUT2D eigenvalue weighted by Gasteiger charge is 2.21. The van der Waals surface area contributed by atoms with Gasteiger partial charge in [-0.15, -0.1) is 11.6 Å². The molecule has 1 N–H and O–H groups in total. The lowest BCUT2D eigenvalue weighted by Crippen LogP contribution is -2.18. The van der Waals surface area contributed by atoms with Gasteiger partial charge in [-0.2, -0.15) is 0 Å². The molecule has 0 heterocycles. The highest BCUT2D eigenvalue weighted by atomic mass is 35.5. The number of hydrogen-bond donors (Lipinski definition) is 1. The van der Waals surface area contributed by atoms with E-state index < -0.39 is 12.1 Å². The second kappa shape index (κ2) is 6.25. The van der Waals surface area contributed by atoms with Gasteiger partial charge in [0, 0.05) is 11.4 Å². The predicted molar refractivity (Wildman–Crippen MR) is 73.4 cm³/mol. The summed E-state index contributed by atoms with van der Waals surface area (Å²) in [7, 11) is 0. The highest BCUT2D eigenvalue weighted by Crippen LogP contribution is 2.23. The van der Waals surface area contributed by atoms with E-state index in [0.717, 1.165) is 5.56 Å². The lowest BCUT2D eigenvalue weighted by molar-refractivity contribution is -0.145. The Bertz CT molecular complexity index is 537. The van der Waals surface area contributed by atoms with Crippen molar-refractivity contribution in [3.05, 3.63) is 65.7 Å². The average molecular weight is 277 g/mol. The van der Waals surface area contributed by atoms with E-state index in [0.29, 0.717) is 17.2 Å². The molecule has 0 aromatic heterocycles. The Balaban J connectivity index is 2.19. The molecule has 3 nitrogen and oxygen atoms in total. The number of aliphatic carboxylic acids is 1. The molecule has 0 bridgehead atoms. The molecule has 98 valence electrons. The number of carboxylic acids is 1. The predicted octanol–water partition coefficient (Wildman–Crippen LogP) is 3.63. The number of ether oxygens (including phenoxy) is 1. The van der Waals surface area contributed by atoms with Crippen LogP contribution in [0.3, 0.4) is 0 Å². The summed E-state index contributed by atoms with van der Waals surface area (Å²) in [5.41, 5.74) is 1.57. The third-order valence-electron chi connectivity index (χ3n) is 2.66. The molecule has 0 spiro atoms. The summed E-state index contributed by atoms with van der Waals surface area (Å²) >= 11 is 5.70. The molecule has 0 fully saturated rings. The van der Waals surface area contributed by atoms with E-state index in [-0.39, 0.29) is 0 Å². The maximum atomic E-state index is 11.3. The second-order valence-corrected chi connectivity index (χ2v) is 4.29. The summed E-state index contributed by atoms with van der Waals surface area (Å²) in [4.78, 5) is 11.3. The summed E-state index contributed by atoms with van der Waals surface area (Å²) in [6.07, 6.45) is -1.01. The van der Waals surface area contributed by atoms with Crippen molar-refractivity contribution >= 4 is 17.6 Å². The van der Waals surface area contributed by atoms with Crippen LogP contribution in [-0.4, -0.2) is 11.1 Å². The first-order chi connectivity index (χ1) is 9.20. The van der Waals surface area contributed by atoms with Crippen molar-refractivity contribution in [1.82, 2.24) is 0 Å². The summed E-state index contributed by atoms with van der Waals surface area (Å²) in [6.45, 7) is 0. The normalized spacial score (nSPS) is 11.8. The van der Waals surface area contributed by atoms with Gasteiger partial charge in [0.25, 0.3) is 0 Å². The molecule has 2 aromatic carbocycles. The average Bonchev–Trinajstić information content (AvgIpc) is 2.46. The minimum absolute atomic E-state index is 0.418. The molecule has 1 atom stereocenters. The number of benzene rings is 2. The summed E-state index contributed by atoms with van der Waals surface area (Å²) < 4.78 is 5.52. The van der Waals surface area contributed by atoms with Gasteiger partial charge in [-0.3, -0.25) is 0 Å². The minimum Gasteiger partial charge on any atom is -0.478 e. The summed E-state index contributed by atoms with van der Waals surface area (Å²) in [5, 5.41) is 9.24. The molecule has 0 aliphatic heterocycles. The largest absolute Gasteiger partial charge is 0.478 e. The lowest BCUT2D eigenvalue weighted by atomic mass is 10.1. The SMILES string of the molecule is O=C(O)C(Oc1ccc(CCl)cc1)c1ccccc1. The number of carboxylic acid groups (broad SMARTS) is 1. The third kappa shape index (κ3) is 3.48. The van der Waals surface area contributed by atoms with Crippen LogP contribution in [0.25, 0.3) is 0 Å². The monoisotopic (exact) mass is 276 g/mol. The Morgan fingerprint density at radius 2 is 1.74 bits per heavy atom. The summed E-state index contributed by atoms with van der Waals surface area (Å²) in [6, 6.07) is 15.9. The van der Waals surface area contributed by atoms with E-state index in [1.54, 1.807) is 36.4 Å². The Morgan fingerprint density at radius 3 is 2.26 bits per heavy atom. The van der Waals surface area contributed by atoms with Crippen molar-refractivity contribution in [2.24, 2.45) is 0 Å². The minimum atomic E-state index is -1.02. The fourth-order valence-corrected chi connectivity index (χ4v) is 1.86. The van der Waals surface area contributed by atoms with Crippen LogP contribution in [0.4, 0.5) is 0 Å². The molecular weight excluding hydrogens is 264 g/mol. The molecule has 0 aliphatic rings. The van der Waals surface area contributed by atoms with E-state index in [4.69, 9.17) is 16.3 Å². The van der Waals surface area contributed by atoms with Crippen molar-refractivity contribution in [2.75, 3.05) is 0 Å². The van der Waals surface area contributed by atoms with Crippen molar-refractivity contribution in [2.45, 2.75) is 12.0 Å². The quantitative estimate of drug-likeness (QED) is 0.848. The smallest absolute Gasteiger partial charge is 0.349 e. The van der Waals surface area contributed by atoms with Gasteiger partial charge in [-0.1, -0.05) is 42.5 Å². The van der Waals surface area contributed by atoms with Crippen LogP contribution in [0.15, 0.2) is 54.6 Å². The summed E-state index contributed by atoms with van der Waals surface area (Å²) in [5.74, 6) is -0.0980. The van der Waals surface area contributed by atoms with Crippen molar-refractivity contribution in [3.63, 3.8) is 0 Å². The van der Waals surface area contributed by atoms with Crippen LogP contribution in [0, 0.1) is 0 Å². The van der Waals surface area contributed by atoms with Gasteiger partial charge in [0.2, 0.25) is 6.10 Å². The van der Waals surface area contributed by atoms with Gasteiger partial charge in [0.1, 0.15) is 5.75 Å². The van der Waals surface area contributed by atoms with E-state index >= 15 is 0 Å². The molecule has 0 amide bonds. The van der Waals surface area contributed by atoms with Gasteiger partial charge < -0.3 is 9.84 Å². The van der Waals surface area contributed by atoms with Gasteiger partial charge in [0.15, 0.2) is 0 Å². The van der Waals surface area contributed by atoms with Gasteiger partial charge in [0.05, 0.1) is 0 Å². The van der Waals surface area contributed by atoms with Crippen LogP contribution in [0.5, 0.6) is 5.75 Å². The Kier molecular flexibility index (Phi) is 4.42. The first-order valence-electron chi connectivity index (χ1n) is 5.80. The molecular formula is C15H13ClO3. The first kappa shape index (κ1) is 13.4. The fourth-order valence-electron chi connectivity index (χ4n) is 1.68.